The Bertz CT molecular complexity index is 3980. The molecule has 9 rings (SSSR count). The van der Waals surface area contributed by atoms with E-state index in [0.717, 1.165) is 30.4 Å². The van der Waals surface area contributed by atoms with Crippen molar-refractivity contribution >= 4 is 79.0 Å². The molecule has 0 saturated carbocycles. The van der Waals surface area contributed by atoms with E-state index in [4.69, 9.17) is 31.4 Å². The van der Waals surface area contributed by atoms with Gasteiger partial charge >= 0.3 is 0 Å². The monoisotopic (exact) mass is 1340 g/mol. The number of hydrogen-bond acceptors (Lipinski definition) is 40. The van der Waals surface area contributed by atoms with Crippen LogP contribution in [0.4, 0.5) is 17.5 Å². The molecule has 0 aromatic carbocycles. The van der Waals surface area contributed by atoms with Gasteiger partial charge in [0.05, 0.1) is 64.6 Å². The number of carbonyl (C=O) groups is 1. The number of hydrogen-bond donors (Lipinski definition) is 10. The van der Waals surface area contributed by atoms with Crippen molar-refractivity contribution in [3.05, 3.63) is 72.5 Å². The third kappa shape index (κ3) is 14.2. The fourth-order valence-electron chi connectivity index (χ4n) is 8.76. The van der Waals surface area contributed by atoms with Crippen LogP contribution in [0, 0.1) is 34.0 Å². The minimum Gasteiger partial charge on any atom is -0.790 e. The molecule has 44 nitrogen and oxygen atoms in total. The Morgan fingerprint density at radius 2 is 0.909 bits per heavy atom. The van der Waals surface area contributed by atoms with E-state index < -0.39 is 143 Å². The molecular weight excluding hydrogens is 1300 g/mol. The van der Waals surface area contributed by atoms with Gasteiger partial charge in [0.25, 0.3) is 15.6 Å². The van der Waals surface area contributed by atoms with Crippen LogP contribution in [-0.2, 0) is 80.8 Å². The number of aliphatic hydroxyl groups excluding tert-OH is 6. The van der Waals surface area contributed by atoms with Crippen LogP contribution in [-0.4, -0.2) is 161 Å². The van der Waals surface area contributed by atoms with Crippen LogP contribution in [0.15, 0.2) is 55.4 Å². The van der Waals surface area contributed by atoms with Gasteiger partial charge in [-0.1, -0.05) is 0 Å². The second kappa shape index (κ2) is 25.8. The number of rotatable bonds is 19. The predicted molar refractivity (Wildman–Crippen MR) is 260 cm³/mol. The first-order valence-electron chi connectivity index (χ1n) is 23.8. The molecule has 0 spiro atoms. The lowest BCUT2D eigenvalue weighted by Crippen LogP contribution is -2.44. The van der Waals surface area contributed by atoms with E-state index in [0.29, 0.717) is 11.0 Å². The van der Waals surface area contributed by atoms with Crippen LogP contribution in [0.3, 0.4) is 0 Å². The fraction of sp³-hybridized carbons (Fsp3) is 0.436. The Balaban J connectivity index is 0.000000190. The van der Waals surface area contributed by atoms with Crippen molar-refractivity contribution in [2.24, 2.45) is 0 Å². The quantitative estimate of drug-likeness (QED) is 0.0337. The smallest absolute Gasteiger partial charge is 0.278 e. The third-order valence-electron chi connectivity index (χ3n) is 12.8. The van der Waals surface area contributed by atoms with E-state index in [1.807, 2.05) is 0 Å². The van der Waals surface area contributed by atoms with Crippen LogP contribution < -0.4 is 61.6 Å². The molecule has 3 saturated heterocycles. The van der Waals surface area contributed by atoms with E-state index in [-0.39, 0.29) is 40.1 Å². The molecule has 0 amide bonds. The number of nitriles is 3. The SMILES string of the molecule is C[C@H](NP(=O)([O-])OC[C@H]1O[C@@](C#N)(c2ccc3c(N)ncnn23)[C@H](O)[C@@H]1O)C(=O)[O-].N#C[C@@]1(c2ccc3c(N)ncnn23)O[C@H](COP(=O)([O-])OP(=O)([O-])OP(=O)([O-])[O-])[C@@H](O)[C@H]1O.N#C[C@@]1(c2ccc3c(N)ncnn23)O[C@H](COP(=O)([O-])[O-])[C@@H](O)[C@H]1O. The van der Waals surface area contributed by atoms with Crippen LogP contribution in [0.5, 0.6) is 0 Å². The molecule has 3 fully saturated rings. The van der Waals surface area contributed by atoms with Gasteiger partial charge in [0.2, 0.25) is 24.5 Å². The number of phosphoric ester groups is 2. The zero-order valence-corrected chi connectivity index (χ0v) is 48.1. The van der Waals surface area contributed by atoms with E-state index in [1.54, 1.807) is 23.3 Å². The molecule has 0 aliphatic carbocycles. The van der Waals surface area contributed by atoms with Crippen LogP contribution in [0.1, 0.15) is 24.0 Å². The number of nitrogen functional groups attached to an aromatic ring is 3. The lowest BCUT2D eigenvalue weighted by molar-refractivity contribution is -0.344. The first-order chi connectivity index (χ1) is 40.8. The summed E-state index contributed by atoms with van der Waals surface area (Å²) in [5, 5.41) is 115. The molecule has 88 heavy (non-hydrogen) atoms. The molecule has 9 heterocycles. The molecule has 13 N–H and O–H groups in total. The van der Waals surface area contributed by atoms with Crippen molar-refractivity contribution in [2.45, 2.75) is 84.7 Å². The number of aliphatic hydroxyl groups is 6. The number of phosphoric acid groups is 4. The normalized spacial score (nSPS) is 29.5. The average Bonchev–Trinajstić information content (AvgIpc) is 1.60. The number of fused-ring (bicyclic) bond motifs is 3. The number of aliphatic carboxylic acids is 1. The third-order valence-corrected chi connectivity index (χ3v) is 18.1. The van der Waals surface area contributed by atoms with Gasteiger partial charge in [-0.3, -0.25) is 18.0 Å². The fourth-order valence-corrected chi connectivity index (χ4v) is 13.0. The highest BCUT2D eigenvalue weighted by atomic mass is 31.3. The van der Waals surface area contributed by atoms with Gasteiger partial charge in [0.1, 0.15) is 109 Å². The largest absolute Gasteiger partial charge is 0.790 e. The molecule has 6 aromatic rings. The summed E-state index contributed by atoms with van der Waals surface area (Å²) in [5.41, 5.74) is 11.4. The summed E-state index contributed by atoms with van der Waals surface area (Å²) in [6.07, 6.45) is -12.3. The summed E-state index contributed by atoms with van der Waals surface area (Å²) in [5.74, 6) is -1.46. The highest BCUT2D eigenvalue weighted by Gasteiger charge is 2.60. The summed E-state index contributed by atoms with van der Waals surface area (Å²) in [4.78, 5) is 98.7. The molecule has 3 unspecified atom stereocenters. The first-order valence-corrected chi connectivity index (χ1v) is 31.1. The number of carboxylic acids is 1. The maximum atomic E-state index is 11.9. The molecule has 3 aliphatic rings. The van der Waals surface area contributed by atoms with Crippen LogP contribution >= 0.6 is 39.0 Å². The number of carbonyl (C=O) groups excluding carboxylic acids is 1. The number of aromatic nitrogens is 9. The van der Waals surface area contributed by atoms with Crippen molar-refractivity contribution in [3.63, 3.8) is 0 Å². The van der Waals surface area contributed by atoms with Gasteiger partial charge in [-0.05, 0) is 43.3 Å². The van der Waals surface area contributed by atoms with E-state index >= 15 is 0 Å². The van der Waals surface area contributed by atoms with Gasteiger partial charge in [0, 0.05) is 0 Å². The molecule has 49 heteroatoms. The van der Waals surface area contributed by atoms with Crippen LogP contribution in [0.2, 0.25) is 0 Å². The summed E-state index contributed by atoms with van der Waals surface area (Å²) < 4.78 is 94.9. The molecule has 3 aliphatic heterocycles. The van der Waals surface area contributed by atoms with Gasteiger partial charge in [0.15, 0.2) is 17.5 Å². The average molecular weight is 1340 g/mol. The van der Waals surface area contributed by atoms with Crippen molar-refractivity contribution in [3.8, 4) is 18.2 Å². The zero-order valence-electron chi connectivity index (χ0n) is 43.6. The molecular formula is C39H41N16O28P5-8. The van der Waals surface area contributed by atoms with Gasteiger partial charge in [-0.15, -0.1) is 0 Å². The predicted octanol–water partition coefficient (Wildman–Crippen LogP) is -10.7. The molecule has 6 aromatic heterocycles. The first kappa shape index (κ1) is 69.0. The second-order valence-corrected chi connectivity index (χ2v) is 25.2. The molecule has 0 bridgehead atoms. The van der Waals surface area contributed by atoms with E-state index in [1.165, 1.54) is 45.4 Å². The number of carboxylic acid groups (broad SMARTS) is 1. The van der Waals surface area contributed by atoms with Crippen LogP contribution in [0.25, 0.3) is 16.6 Å². The van der Waals surface area contributed by atoms with E-state index in [2.05, 4.69) is 52.4 Å². The minimum atomic E-state index is -6.20. The van der Waals surface area contributed by atoms with Crippen molar-refractivity contribution in [2.75, 3.05) is 37.0 Å². The molecule has 478 valence electrons. The van der Waals surface area contributed by atoms with Gasteiger partial charge in [-0.2, -0.15) is 31.1 Å². The Kier molecular flexibility index (Phi) is 20.2. The lowest BCUT2D eigenvalue weighted by atomic mass is 9.92. The summed E-state index contributed by atoms with van der Waals surface area (Å²) in [6.45, 7) is -1.85. The van der Waals surface area contributed by atoms with Crippen molar-refractivity contribution in [1.29, 1.82) is 15.8 Å². The summed E-state index contributed by atoms with van der Waals surface area (Å²) >= 11 is 0. The zero-order chi connectivity index (χ0) is 65.5. The van der Waals surface area contributed by atoms with E-state index in [9.17, 15) is 113 Å². The van der Waals surface area contributed by atoms with Gasteiger partial charge < -0.3 is 129 Å². The standard InChI is InChI=1S/C15H19N6O8P.C12H16N5O13P3.C12H14N5O7P/c1-7(14(24)25)20-30(26,27)28-4-9-11(22)12(23)15(5-16,29-9)10-3-2-8-13(17)18-6-19-21(8)10;13-4-12(8-2-1-6-11(14)15-5-16-17(6)8)10(19)9(18)7(28-12)3-27-32(23,24)30-33(25,26)29-31(20,21)22;13-4-12(8-2-1-6-11(14)15-5-16-17(6)8)10(19)9(18)7(24-12)3-23-25(20,21)22/h2-3,6-7,9,11-12,22-23H,4H2,1H3,(H,24,25)(H2,17,18,19)(H2,20,26,27);1-2,5,7,9-10,18-19H,3H2,(H,23,24)(H,25,26)(H2,14,15,16)(H2,20,21,22);1-2,5,7,9-10,18-19H,3H2,(H2,14,15,16)(H2,20,21,22)/p-8/t7-,9+,11+,12+,15-;2*7-,9-,10-,12+/m011/s1. The lowest BCUT2D eigenvalue weighted by Gasteiger charge is -2.37. The topological polar surface area (TPSA) is 734 Å². The molecule has 0 radical (unpaired) electrons. The maximum Gasteiger partial charge on any atom is 0.278 e. The Morgan fingerprint density at radius 1 is 0.580 bits per heavy atom. The summed E-state index contributed by atoms with van der Waals surface area (Å²) in [6, 6.07) is 12.1. The maximum absolute atomic E-state index is 11.9. The number of nitrogens with zero attached hydrogens (tertiary/aromatic N) is 12. The molecule has 16 atom stereocenters. The van der Waals surface area contributed by atoms with Crippen molar-refractivity contribution in [1.82, 2.24) is 48.9 Å². The Morgan fingerprint density at radius 3 is 1.22 bits per heavy atom. The number of nitrogens with one attached hydrogen (secondary N) is 1. The highest BCUT2D eigenvalue weighted by molar-refractivity contribution is 7.64. The summed E-state index contributed by atoms with van der Waals surface area (Å²) in [7, 11) is -28.5. The minimum absolute atomic E-state index is 0.00617. The second-order valence-electron chi connectivity index (χ2n) is 18.3. The Hall–Kier alpha value is -6.53. The Labute approximate surface area is 488 Å². The number of anilines is 3. The van der Waals surface area contributed by atoms with Crippen molar-refractivity contribution < 1.29 is 134 Å². The highest BCUT2D eigenvalue weighted by Crippen LogP contribution is 2.61. The number of nitrogens with two attached hydrogens (primary N) is 3. The number of ether oxygens (including phenoxy) is 3. The van der Waals surface area contributed by atoms with Gasteiger partial charge in [-0.25, -0.2) is 37.9 Å².